The van der Waals surface area contributed by atoms with Crippen molar-refractivity contribution >= 4 is 10.9 Å². The van der Waals surface area contributed by atoms with Gasteiger partial charge in [0.2, 0.25) is 0 Å². The van der Waals surface area contributed by atoms with Gasteiger partial charge in [-0.25, -0.2) is 0 Å². The zero-order valence-corrected chi connectivity index (χ0v) is 15.1. The maximum absolute atomic E-state index is 6.36. The van der Waals surface area contributed by atoms with Crippen LogP contribution in [-0.2, 0) is 25.8 Å². The molecular weight excluding hydrogens is 324 g/mol. The standard InChI is InChI=1S/C22H24N2O2/c1-25-16-5-3-6-17(13-16)26-18-12-15-4-2-7-20-19-8-10-23-11-9-21(19)24(14-18)22(15)20/h2-7,13,18,23H,8-12,14H2,1H3. The van der Waals surface area contributed by atoms with Crippen LogP contribution in [0.3, 0.4) is 0 Å². The van der Waals surface area contributed by atoms with E-state index in [-0.39, 0.29) is 6.10 Å². The Morgan fingerprint density at radius 1 is 1.04 bits per heavy atom. The van der Waals surface area contributed by atoms with E-state index < -0.39 is 0 Å². The number of hydrogen-bond donors (Lipinski definition) is 1. The minimum Gasteiger partial charge on any atom is -0.497 e. The van der Waals surface area contributed by atoms with Crippen molar-refractivity contribution in [3.05, 3.63) is 59.3 Å². The fraction of sp³-hybridized carbons (Fsp3) is 0.364. The summed E-state index contributed by atoms with van der Waals surface area (Å²) in [6, 6.07) is 14.7. The van der Waals surface area contributed by atoms with E-state index in [0.29, 0.717) is 0 Å². The molecule has 5 rings (SSSR count). The van der Waals surface area contributed by atoms with Gasteiger partial charge in [-0.1, -0.05) is 24.3 Å². The van der Waals surface area contributed by atoms with E-state index in [0.717, 1.165) is 50.4 Å². The van der Waals surface area contributed by atoms with Gasteiger partial charge in [0.1, 0.15) is 17.6 Å². The Hall–Kier alpha value is -2.46. The smallest absolute Gasteiger partial charge is 0.123 e. The van der Waals surface area contributed by atoms with Crippen LogP contribution < -0.4 is 14.8 Å². The zero-order valence-electron chi connectivity index (χ0n) is 15.1. The molecule has 4 nitrogen and oxygen atoms in total. The molecule has 3 heterocycles. The van der Waals surface area contributed by atoms with Crippen LogP contribution in [0.25, 0.3) is 10.9 Å². The molecule has 0 saturated heterocycles. The van der Waals surface area contributed by atoms with Crippen molar-refractivity contribution in [3.63, 3.8) is 0 Å². The second-order valence-electron chi connectivity index (χ2n) is 7.22. The highest BCUT2D eigenvalue weighted by molar-refractivity contribution is 5.89. The van der Waals surface area contributed by atoms with Gasteiger partial charge in [-0.3, -0.25) is 0 Å². The lowest BCUT2D eigenvalue weighted by atomic mass is 10.00. The molecule has 1 aromatic heterocycles. The van der Waals surface area contributed by atoms with E-state index in [4.69, 9.17) is 9.47 Å². The summed E-state index contributed by atoms with van der Waals surface area (Å²) in [5.74, 6) is 1.71. The number of methoxy groups -OCH3 is 1. The Balaban J connectivity index is 1.52. The quantitative estimate of drug-likeness (QED) is 0.788. The lowest BCUT2D eigenvalue weighted by Crippen LogP contribution is -2.30. The topological polar surface area (TPSA) is 35.4 Å². The number of aromatic nitrogens is 1. The first-order valence-electron chi connectivity index (χ1n) is 9.47. The SMILES string of the molecule is COc1cccc(OC2Cc3cccc4c5c(n(c34)C2)CCNCC5)c1. The monoisotopic (exact) mass is 348 g/mol. The van der Waals surface area contributed by atoms with Crippen molar-refractivity contribution in [1.29, 1.82) is 0 Å². The number of benzene rings is 2. The highest BCUT2D eigenvalue weighted by Gasteiger charge is 2.27. The highest BCUT2D eigenvalue weighted by Crippen LogP contribution is 2.35. The molecule has 0 amide bonds. The Morgan fingerprint density at radius 3 is 2.81 bits per heavy atom. The summed E-state index contributed by atoms with van der Waals surface area (Å²) in [6.45, 7) is 3.04. The average molecular weight is 348 g/mol. The fourth-order valence-electron chi connectivity index (χ4n) is 4.54. The fourth-order valence-corrected chi connectivity index (χ4v) is 4.54. The van der Waals surface area contributed by atoms with Gasteiger partial charge >= 0.3 is 0 Å². The van der Waals surface area contributed by atoms with Gasteiger partial charge in [0, 0.05) is 36.5 Å². The third kappa shape index (κ3) is 2.56. The Bertz CT molecular complexity index is 960. The van der Waals surface area contributed by atoms with E-state index in [1.807, 2.05) is 24.3 Å². The lowest BCUT2D eigenvalue weighted by Gasteiger charge is -2.27. The van der Waals surface area contributed by atoms with Crippen LogP contribution in [0.15, 0.2) is 42.5 Å². The summed E-state index contributed by atoms with van der Waals surface area (Å²) in [5, 5.41) is 4.98. The van der Waals surface area contributed by atoms with Crippen LogP contribution in [0, 0.1) is 0 Å². The number of para-hydroxylation sites is 1. The van der Waals surface area contributed by atoms with Gasteiger partial charge in [-0.15, -0.1) is 0 Å². The summed E-state index contributed by atoms with van der Waals surface area (Å²) in [7, 11) is 1.69. The first kappa shape index (κ1) is 15.8. The normalized spacial score (nSPS) is 19.0. The van der Waals surface area contributed by atoms with Crippen molar-refractivity contribution in [2.24, 2.45) is 0 Å². The summed E-state index contributed by atoms with van der Waals surface area (Å²) < 4.78 is 14.2. The molecule has 0 radical (unpaired) electrons. The second-order valence-corrected chi connectivity index (χ2v) is 7.22. The van der Waals surface area contributed by atoms with E-state index in [9.17, 15) is 0 Å². The van der Waals surface area contributed by atoms with Crippen LogP contribution in [0.5, 0.6) is 11.5 Å². The molecule has 26 heavy (non-hydrogen) atoms. The van der Waals surface area contributed by atoms with Crippen molar-refractivity contribution in [1.82, 2.24) is 9.88 Å². The number of ether oxygens (including phenoxy) is 2. The molecule has 3 aromatic rings. The third-order valence-corrected chi connectivity index (χ3v) is 5.66. The van der Waals surface area contributed by atoms with Crippen LogP contribution in [-0.4, -0.2) is 30.9 Å². The Labute approximate surface area is 153 Å². The molecule has 0 saturated carbocycles. The lowest BCUT2D eigenvalue weighted by molar-refractivity contribution is 0.175. The van der Waals surface area contributed by atoms with E-state index in [2.05, 4.69) is 28.1 Å². The number of nitrogens with zero attached hydrogens (tertiary/aromatic N) is 1. The predicted octanol–water partition coefficient (Wildman–Crippen LogP) is 3.34. The second kappa shape index (κ2) is 6.36. The maximum atomic E-state index is 6.36. The molecule has 0 aliphatic carbocycles. The van der Waals surface area contributed by atoms with Gasteiger partial charge in [-0.2, -0.15) is 0 Å². The van der Waals surface area contributed by atoms with Crippen LogP contribution >= 0.6 is 0 Å². The van der Waals surface area contributed by atoms with Gasteiger partial charge in [-0.05, 0) is 36.2 Å². The average Bonchev–Trinajstić information content (AvgIpc) is 2.83. The van der Waals surface area contributed by atoms with Crippen LogP contribution in [0.2, 0.25) is 0 Å². The summed E-state index contributed by atoms with van der Waals surface area (Å²) in [4.78, 5) is 0. The molecule has 134 valence electrons. The molecular formula is C22H24N2O2. The minimum absolute atomic E-state index is 0.146. The molecule has 2 aliphatic rings. The molecule has 1 unspecified atom stereocenters. The van der Waals surface area contributed by atoms with Gasteiger partial charge in [0.05, 0.1) is 19.2 Å². The first-order valence-corrected chi connectivity index (χ1v) is 9.47. The van der Waals surface area contributed by atoms with Crippen molar-refractivity contribution in [2.75, 3.05) is 20.2 Å². The van der Waals surface area contributed by atoms with Crippen LogP contribution in [0.1, 0.15) is 16.8 Å². The minimum atomic E-state index is 0.146. The summed E-state index contributed by atoms with van der Waals surface area (Å²) in [5.41, 5.74) is 5.87. The van der Waals surface area contributed by atoms with Gasteiger partial charge in [0.25, 0.3) is 0 Å². The number of rotatable bonds is 3. The molecule has 4 heteroatoms. The largest absolute Gasteiger partial charge is 0.497 e. The molecule has 1 N–H and O–H groups in total. The number of hydrogen-bond acceptors (Lipinski definition) is 3. The van der Waals surface area contributed by atoms with Gasteiger partial charge < -0.3 is 19.4 Å². The van der Waals surface area contributed by atoms with Crippen LogP contribution in [0.4, 0.5) is 0 Å². The number of fused-ring (bicyclic) bond motifs is 3. The molecule has 1 atom stereocenters. The molecule has 2 aliphatic heterocycles. The molecule has 0 spiro atoms. The third-order valence-electron chi connectivity index (χ3n) is 5.66. The summed E-state index contributed by atoms with van der Waals surface area (Å²) in [6.07, 6.45) is 3.31. The Kier molecular flexibility index (Phi) is 3.86. The van der Waals surface area contributed by atoms with E-state index in [1.54, 1.807) is 7.11 Å². The molecule has 2 aromatic carbocycles. The zero-order chi connectivity index (χ0) is 17.5. The van der Waals surface area contributed by atoms with Crippen molar-refractivity contribution in [2.45, 2.75) is 31.9 Å². The van der Waals surface area contributed by atoms with E-state index in [1.165, 1.54) is 27.7 Å². The number of nitrogens with one attached hydrogen (secondary N) is 1. The predicted molar refractivity (Wildman–Crippen MR) is 103 cm³/mol. The molecule has 0 bridgehead atoms. The molecule has 0 fully saturated rings. The maximum Gasteiger partial charge on any atom is 0.123 e. The highest BCUT2D eigenvalue weighted by atomic mass is 16.5. The van der Waals surface area contributed by atoms with E-state index >= 15 is 0 Å². The first-order chi connectivity index (χ1) is 12.8. The summed E-state index contributed by atoms with van der Waals surface area (Å²) >= 11 is 0. The van der Waals surface area contributed by atoms with Crippen molar-refractivity contribution < 1.29 is 9.47 Å². The van der Waals surface area contributed by atoms with Gasteiger partial charge in [0.15, 0.2) is 0 Å². The van der Waals surface area contributed by atoms with Crippen molar-refractivity contribution in [3.8, 4) is 11.5 Å². The Morgan fingerprint density at radius 2 is 1.88 bits per heavy atom.